The van der Waals surface area contributed by atoms with Gasteiger partial charge in [0.15, 0.2) is 5.82 Å². The first-order valence-corrected chi connectivity index (χ1v) is 7.00. The average molecular weight is 278 g/mol. The highest BCUT2D eigenvalue weighted by molar-refractivity contribution is 5.73. The predicted octanol–water partition coefficient (Wildman–Crippen LogP) is 0.608. The van der Waals surface area contributed by atoms with Crippen LogP contribution in [0.1, 0.15) is 20.8 Å². The number of hydrogen-bond acceptors (Lipinski definition) is 6. The maximum absolute atomic E-state index is 11.3. The van der Waals surface area contributed by atoms with Crippen LogP contribution in [0.15, 0.2) is 6.20 Å². The molecule has 0 aliphatic carbocycles. The molecule has 1 aliphatic rings. The van der Waals surface area contributed by atoms with E-state index in [1.807, 2.05) is 4.90 Å². The standard InChI is InChI=1S/C13H22N6O/c1-10(2)8-14-13-16-12(9-15-17-13)19-6-4-18(5-7-19)11(3)20/h9-10H,4-8H2,1-3H3,(H,14,16,17). The van der Waals surface area contributed by atoms with Crippen molar-refractivity contribution in [2.45, 2.75) is 20.8 Å². The number of carbonyl (C=O) groups excluding carboxylic acids is 1. The normalized spacial score (nSPS) is 15.6. The number of nitrogens with one attached hydrogen (secondary N) is 1. The number of nitrogens with zero attached hydrogens (tertiary/aromatic N) is 5. The highest BCUT2D eigenvalue weighted by atomic mass is 16.2. The Morgan fingerprint density at radius 2 is 2.05 bits per heavy atom. The molecule has 2 rings (SSSR count). The van der Waals surface area contributed by atoms with Gasteiger partial charge < -0.3 is 15.1 Å². The number of piperazine rings is 1. The first kappa shape index (κ1) is 14.5. The third-order valence-electron chi connectivity index (χ3n) is 3.26. The summed E-state index contributed by atoms with van der Waals surface area (Å²) in [7, 11) is 0. The molecule has 0 bridgehead atoms. The van der Waals surface area contributed by atoms with Crippen LogP contribution in [0.5, 0.6) is 0 Å². The van der Waals surface area contributed by atoms with E-state index in [1.54, 1.807) is 13.1 Å². The summed E-state index contributed by atoms with van der Waals surface area (Å²) < 4.78 is 0. The van der Waals surface area contributed by atoms with Crippen LogP contribution in [0.4, 0.5) is 11.8 Å². The summed E-state index contributed by atoms with van der Waals surface area (Å²) in [5.74, 6) is 2.03. The van der Waals surface area contributed by atoms with Crippen molar-refractivity contribution in [3.05, 3.63) is 6.20 Å². The van der Waals surface area contributed by atoms with Gasteiger partial charge in [0.25, 0.3) is 0 Å². The lowest BCUT2D eigenvalue weighted by Crippen LogP contribution is -2.48. The topological polar surface area (TPSA) is 74.2 Å². The minimum absolute atomic E-state index is 0.129. The number of hydrogen-bond donors (Lipinski definition) is 1. The van der Waals surface area contributed by atoms with Crippen molar-refractivity contribution < 1.29 is 4.79 Å². The van der Waals surface area contributed by atoms with Crippen molar-refractivity contribution in [1.29, 1.82) is 0 Å². The van der Waals surface area contributed by atoms with Crippen LogP contribution in [0.3, 0.4) is 0 Å². The number of rotatable bonds is 4. The lowest BCUT2D eigenvalue weighted by Gasteiger charge is -2.34. The number of amides is 1. The molecule has 0 aromatic carbocycles. The molecule has 0 atom stereocenters. The zero-order valence-corrected chi connectivity index (χ0v) is 12.3. The molecule has 1 N–H and O–H groups in total. The van der Waals surface area contributed by atoms with Crippen molar-refractivity contribution in [3.8, 4) is 0 Å². The lowest BCUT2D eigenvalue weighted by molar-refractivity contribution is -0.129. The predicted molar refractivity (Wildman–Crippen MR) is 77.6 cm³/mol. The van der Waals surface area contributed by atoms with E-state index >= 15 is 0 Å². The average Bonchev–Trinajstić information content (AvgIpc) is 2.45. The van der Waals surface area contributed by atoms with Crippen LogP contribution in [0.2, 0.25) is 0 Å². The fourth-order valence-corrected chi connectivity index (χ4v) is 2.07. The molecular weight excluding hydrogens is 256 g/mol. The van der Waals surface area contributed by atoms with E-state index in [1.165, 1.54) is 0 Å². The minimum atomic E-state index is 0.129. The SMILES string of the molecule is CC(=O)N1CCN(c2cnnc(NCC(C)C)n2)CC1. The molecular formula is C13H22N6O. The van der Waals surface area contributed by atoms with E-state index in [-0.39, 0.29) is 5.91 Å². The Kier molecular flexibility index (Phi) is 4.70. The summed E-state index contributed by atoms with van der Waals surface area (Å²) in [5, 5.41) is 11.2. The number of anilines is 2. The summed E-state index contributed by atoms with van der Waals surface area (Å²) in [4.78, 5) is 19.8. The molecule has 1 fully saturated rings. The van der Waals surface area contributed by atoms with Crippen molar-refractivity contribution in [1.82, 2.24) is 20.1 Å². The molecule has 1 amide bonds. The van der Waals surface area contributed by atoms with Gasteiger partial charge in [0, 0.05) is 39.6 Å². The Labute approximate surface area is 119 Å². The fourth-order valence-electron chi connectivity index (χ4n) is 2.07. The van der Waals surface area contributed by atoms with Gasteiger partial charge in [0.1, 0.15) is 0 Å². The van der Waals surface area contributed by atoms with Crippen LogP contribution in [0.25, 0.3) is 0 Å². The Morgan fingerprint density at radius 1 is 1.35 bits per heavy atom. The second-order valence-electron chi connectivity index (χ2n) is 5.41. The van der Waals surface area contributed by atoms with Crippen LogP contribution < -0.4 is 10.2 Å². The molecule has 7 nitrogen and oxygen atoms in total. The molecule has 110 valence electrons. The monoisotopic (exact) mass is 278 g/mol. The van der Waals surface area contributed by atoms with E-state index in [4.69, 9.17) is 0 Å². The maximum Gasteiger partial charge on any atom is 0.244 e. The fraction of sp³-hybridized carbons (Fsp3) is 0.692. The molecule has 1 aromatic heterocycles. The van der Waals surface area contributed by atoms with Gasteiger partial charge in [-0.05, 0) is 5.92 Å². The van der Waals surface area contributed by atoms with E-state index in [2.05, 4.69) is 39.2 Å². The van der Waals surface area contributed by atoms with Crippen LogP contribution in [-0.2, 0) is 4.79 Å². The van der Waals surface area contributed by atoms with E-state index in [9.17, 15) is 4.79 Å². The molecule has 1 aromatic rings. The summed E-state index contributed by atoms with van der Waals surface area (Å²) in [6.07, 6.45) is 1.67. The zero-order chi connectivity index (χ0) is 14.5. The zero-order valence-electron chi connectivity index (χ0n) is 12.3. The molecule has 0 unspecified atom stereocenters. The minimum Gasteiger partial charge on any atom is -0.353 e. The van der Waals surface area contributed by atoms with Crippen LogP contribution in [0, 0.1) is 5.92 Å². The first-order chi connectivity index (χ1) is 9.56. The summed E-state index contributed by atoms with van der Waals surface area (Å²) >= 11 is 0. The molecule has 7 heteroatoms. The second kappa shape index (κ2) is 6.49. The van der Waals surface area contributed by atoms with Gasteiger partial charge in [0.05, 0.1) is 6.20 Å². The van der Waals surface area contributed by atoms with Gasteiger partial charge in [-0.3, -0.25) is 4.79 Å². The van der Waals surface area contributed by atoms with E-state index in [0.717, 1.165) is 38.5 Å². The largest absolute Gasteiger partial charge is 0.353 e. The Morgan fingerprint density at radius 3 is 2.65 bits per heavy atom. The highest BCUT2D eigenvalue weighted by Gasteiger charge is 2.20. The summed E-state index contributed by atoms with van der Waals surface area (Å²) in [6, 6.07) is 0. The van der Waals surface area contributed by atoms with Gasteiger partial charge in [-0.25, -0.2) is 0 Å². The molecule has 20 heavy (non-hydrogen) atoms. The van der Waals surface area contributed by atoms with Crippen molar-refractivity contribution in [3.63, 3.8) is 0 Å². The second-order valence-corrected chi connectivity index (χ2v) is 5.41. The summed E-state index contributed by atoms with van der Waals surface area (Å²) in [6.45, 7) is 9.71. The smallest absolute Gasteiger partial charge is 0.244 e. The van der Waals surface area contributed by atoms with Gasteiger partial charge in [-0.15, -0.1) is 5.10 Å². The first-order valence-electron chi connectivity index (χ1n) is 7.00. The third kappa shape index (κ3) is 3.79. The van der Waals surface area contributed by atoms with Gasteiger partial charge in [0.2, 0.25) is 11.9 Å². The van der Waals surface area contributed by atoms with Gasteiger partial charge >= 0.3 is 0 Å². The lowest BCUT2D eigenvalue weighted by atomic mass is 10.2. The van der Waals surface area contributed by atoms with E-state index < -0.39 is 0 Å². The Hall–Kier alpha value is -1.92. The van der Waals surface area contributed by atoms with Crippen molar-refractivity contribution in [2.75, 3.05) is 42.9 Å². The van der Waals surface area contributed by atoms with Crippen LogP contribution >= 0.6 is 0 Å². The molecule has 0 spiro atoms. The molecule has 0 radical (unpaired) electrons. The summed E-state index contributed by atoms with van der Waals surface area (Å²) in [5.41, 5.74) is 0. The molecule has 2 heterocycles. The Balaban J connectivity index is 1.96. The van der Waals surface area contributed by atoms with Crippen LogP contribution in [-0.4, -0.2) is 58.7 Å². The van der Waals surface area contributed by atoms with Crippen molar-refractivity contribution in [2.24, 2.45) is 5.92 Å². The Bertz CT molecular complexity index is 456. The highest BCUT2D eigenvalue weighted by Crippen LogP contribution is 2.13. The van der Waals surface area contributed by atoms with Gasteiger partial charge in [-0.2, -0.15) is 10.1 Å². The van der Waals surface area contributed by atoms with E-state index in [0.29, 0.717) is 11.9 Å². The van der Waals surface area contributed by atoms with Gasteiger partial charge in [-0.1, -0.05) is 13.8 Å². The molecule has 0 saturated carbocycles. The molecule has 1 aliphatic heterocycles. The quantitative estimate of drug-likeness (QED) is 0.869. The van der Waals surface area contributed by atoms with Crippen molar-refractivity contribution >= 4 is 17.7 Å². The third-order valence-corrected chi connectivity index (χ3v) is 3.26. The number of carbonyl (C=O) groups is 1. The molecule has 1 saturated heterocycles. The number of aromatic nitrogens is 3. The maximum atomic E-state index is 11.3.